The number of rotatable bonds is 6. The van der Waals surface area contributed by atoms with E-state index in [2.05, 4.69) is 15.6 Å². The van der Waals surface area contributed by atoms with Crippen LogP contribution in [0.4, 0.5) is 5.69 Å². The number of pyridine rings is 1. The number of benzene rings is 1. The molecule has 118 valence electrons. The summed E-state index contributed by atoms with van der Waals surface area (Å²) in [6, 6.07) is 11.1. The van der Waals surface area contributed by atoms with E-state index in [4.69, 9.17) is 0 Å². The van der Waals surface area contributed by atoms with Gasteiger partial charge >= 0.3 is 0 Å². The van der Waals surface area contributed by atoms with Crippen molar-refractivity contribution in [2.24, 2.45) is 0 Å². The fourth-order valence-electron chi connectivity index (χ4n) is 2.26. The predicted octanol–water partition coefficient (Wildman–Crippen LogP) is 2.55. The van der Waals surface area contributed by atoms with Crippen LogP contribution in [-0.4, -0.2) is 22.8 Å². The molecule has 1 aromatic heterocycles. The molecule has 0 spiro atoms. The summed E-state index contributed by atoms with van der Waals surface area (Å²) in [7, 11) is 0. The lowest BCUT2D eigenvalue weighted by Crippen LogP contribution is -2.25. The first-order chi connectivity index (χ1) is 11.2. The fraction of sp³-hybridized carbons (Fsp3) is 0.278. The van der Waals surface area contributed by atoms with Crippen LogP contribution in [0.2, 0.25) is 0 Å². The van der Waals surface area contributed by atoms with Crippen molar-refractivity contribution in [2.45, 2.75) is 31.7 Å². The molecule has 23 heavy (non-hydrogen) atoms. The highest BCUT2D eigenvalue weighted by atomic mass is 16.2. The second-order valence-electron chi connectivity index (χ2n) is 5.74. The Labute approximate surface area is 135 Å². The number of aryl methyl sites for hydroxylation is 1. The molecule has 0 bridgehead atoms. The third kappa shape index (κ3) is 4.64. The van der Waals surface area contributed by atoms with Crippen LogP contribution >= 0.6 is 0 Å². The van der Waals surface area contributed by atoms with Gasteiger partial charge in [0, 0.05) is 36.1 Å². The quantitative estimate of drug-likeness (QED) is 0.861. The highest BCUT2D eigenvalue weighted by Gasteiger charge is 2.23. The normalized spacial score (nSPS) is 13.4. The van der Waals surface area contributed by atoms with Crippen LogP contribution in [0.5, 0.6) is 0 Å². The van der Waals surface area contributed by atoms with E-state index in [0.29, 0.717) is 30.1 Å². The number of carbonyl (C=O) groups is 2. The first-order valence-electron chi connectivity index (χ1n) is 7.80. The Bertz CT molecular complexity index is 696. The third-order valence-corrected chi connectivity index (χ3v) is 3.68. The van der Waals surface area contributed by atoms with E-state index in [0.717, 1.165) is 18.4 Å². The van der Waals surface area contributed by atoms with Crippen LogP contribution in [0, 0.1) is 0 Å². The minimum absolute atomic E-state index is 0.0754. The standard InChI is InChI=1S/C18H19N3O2/c22-17(9-6-13-3-2-10-19-12-13)20-16-5-1-4-14(11-16)18(23)21-15-7-8-15/h1-5,10-12,15H,6-9H2,(H,20,22)(H,21,23). The molecule has 0 atom stereocenters. The van der Waals surface area contributed by atoms with Crippen molar-refractivity contribution in [2.75, 3.05) is 5.32 Å². The van der Waals surface area contributed by atoms with Crippen molar-refractivity contribution in [3.63, 3.8) is 0 Å². The van der Waals surface area contributed by atoms with Crippen LogP contribution in [0.15, 0.2) is 48.8 Å². The summed E-state index contributed by atoms with van der Waals surface area (Å²) in [4.78, 5) is 28.1. The van der Waals surface area contributed by atoms with Crippen molar-refractivity contribution in [1.29, 1.82) is 0 Å². The van der Waals surface area contributed by atoms with Crippen molar-refractivity contribution < 1.29 is 9.59 Å². The summed E-state index contributed by atoms with van der Waals surface area (Å²) >= 11 is 0. The van der Waals surface area contributed by atoms with Gasteiger partial charge in [0.1, 0.15) is 0 Å². The third-order valence-electron chi connectivity index (χ3n) is 3.68. The lowest BCUT2D eigenvalue weighted by atomic mass is 10.1. The smallest absolute Gasteiger partial charge is 0.251 e. The minimum atomic E-state index is -0.0843. The lowest BCUT2D eigenvalue weighted by molar-refractivity contribution is -0.116. The summed E-state index contributed by atoms with van der Waals surface area (Å²) in [5.74, 6) is -0.160. The number of aromatic nitrogens is 1. The molecule has 0 aliphatic heterocycles. The molecule has 1 aromatic carbocycles. The Kier molecular flexibility index (Phi) is 4.66. The number of nitrogens with one attached hydrogen (secondary N) is 2. The summed E-state index contributed by atoms with van der Waals surface area (Å²) in [6.45, 7) is 0. The van der Waals surface area contributed by atoms with Gasteiger partial charge in [0.05, 0.1) is 0 Å². The molecule has 0 unspecified atom stereocenters. The number of nitrogens with zero attached hydrogens (tertiary/aromatic N) is 1. The molecule has 1 heterocycles. The Morgan fingerprint density at radius 2 is 2.04 bits per heavy atom. The number of carbonyl (C=O) groups excluding carboxylic acids is 2. The molecule has 1 aliphatic rings. The highest BCUT2D eigenvalue weighted by Crippen LogP contribution is 2.20. The van der Waals surface area contributed by atoms with Gasteiger partial charge in [-0.2, -0.15) is 0 Å². The first-order valence-corrected chi connectivity index (χ1v) is 7.80. The van der Waals surface area contributed by atoms with Crippen LogP contribution in [0.3, 0.4) is 0 Å². The van der Waals surface area contributed by atoms with E-state index in [9.17, 15) is 9.59 Å². The first kappa shape index (κ1) is 15.2. The molecular weight excluding hydrogens is 290 g/mol. The van der Waals surface area contributed by atoms with Crippen molar-refractivity contribution in [3.8, 4) is 0 Å². The molecule has 2 amide bonds. The lowest BCUT2D eigenvalue weighted by Gasteiger charge is -2.08. The minimum Gasteiger partial charge on any atom is -0.349 e. The van der Waals surface area contributed by atoms with Crippen LogP contribution < -0.4 is 10.6 Å². The molecule has 5 nitrogen and oxygen atoms in total. The molecule has 1 saturated carbocycles. The van der Waals surface area contributed by atoms with Gasteiger partial charge < -0.3 is 10.6 Å². The average molecular weight is 309 g/mol. The zero-order valence-corrected chi connectivity index (χ0v) is 12.8. The average Bonchev–Trinajstić information content (AvgIpc) is 3.38. The van der Waals surface area contributed by atoms with Gasteiger partial charge in [0.25, 0.3) is 5.91 Å². The van der Waals surface area contributed by atoms with Gasteiger partial charge in [0.2, 0.25) is 5.91 Å². The summed E-state index contributed by atoms with van der Waals surface area (Å²) in [5.41, 5.74) is 2.24. The molecule has 2 aromatic rings. The van der Waals surface area contributed by atoms with E-state index in [-0.39, 0.29) is 11.8 Å². The van der Waals surface area contributed by atoms with Crippen LogP contribution in [0.1, 0.15) is 35.2 Å². The second-order valence-corrected chi connectivity index (χ2v) is 5.74. The second kappa shape index (κ2) is 7.05. The van der Waals surface area contributed by atoms with E-state index in [1.165, 1.54) is 0 Å². The Hall–Kier alpha value is -2.69. The molecule has 1 aliphatic carbocycles. The van der Waals surface area contributed by atoms with Crippen molar-refractivity contribution >= 4 is 17.5 Å². The molecule has 0 radical (unpaired) electrons. The number of hydrogen-bond donors (Lipinski definition) is 2. The van der Waals surface area contributed by atoms with E-state index >= 15 is 0 Å². The zero-order chi connectivity index (χ0) is 16.1. The molecule has 2 N–H and O–H groups in total. The molecule has 5 heteroatoms. The van der Waals surface area contributed by atoms with Gasteiger partial charge in [-0.15, -0.1) is 0 Å². The predicted molar refractivity (Wildman–Crippen MR) is 88.1 cm³/mol. The van der Waals surface area contributed by atoms with Gasteiger partial charge in [0.15, 0.2) is 0 Å². The number of hydrogen-bond acceptors (Lipinski definition) is 3. The number of anilines is 1. The van der Waals surface area contributed by atoms with Gasteiger partial charge in [-0.05, 0) is 49.1 Å². The van der Waals surface area contributed by atoms with Gasteiger partial charge in [-0.3, -0.25) is 14.6 Å². The fourth-order valence-corrected chi connectivity index (χ4v) is 2.26. The Morgan fingerprint density at radius 1 is 1.17 bits per heavy atom. The van der Waals surface area contributed by atoms with E-state index in [1.54, 1.807) is 36.7 Å². The summed E-state index contributed by atoms with van der Waals surface area (Å²) in [6.07, 6.45) is 6.59. The van der Waals surface area contributed by atoms with Crippen LogP contribution in [-0.2, 0) is 11.2 Å². The van der Waals surface area contributed by atoms with E-state index in [1.807, 2.05) is 12.1 Å². The van der Waals surface area contributed by atoms with Gasteiger partial charge in [-0.1, -0.05) is 12.1 Å². The number of amides is 2. The molecule has 0 saturated heterocycles. The van der Waals surface area contributed by atoms with E-state index < -0.39 is 0 Å². The van der Waals surface area contributed by atoms with Crippen molar-refractivity contribution in [1.82, 2.24) is 10.3 Å². The largest absolute Gasteiger partial charge is 0.349 e. The molecular formula is C18H19N3O2. The van der Waals surface area contributed by atoms with Gasteiger partial charge in [-0.25, -0.2) is 0 Å². The molecule has 3 rings (SSSR count). The zero-order valence-electron chi connectivity index (χ0n) is 12.8. The molecule has 1 fully saturated rings. The monoisotopic (exact) mass is 309 g/mol. The maximum Gasteiger partial charge on any atom is 0.251 e. The maximum atomic E-state index is 12.0. The summed E-state index contributed by atoms with van der Waals surface area (Å²) < 4.78 is 0. The SMILES string of the molecule is O=C(CCc1cccnc1)Nc1cccc(C(=O)NC2CC2)c1. The van der Waals surface area contributed by atoms with Crippen LogP contribution in [0.25, 0.3) is 0 Å². The van der Waals surface area contributed by atoms with Crippen molar-refractivity contribution in [3.05, 3.63) is 59.9 Å². The topological polar surface area (TPSA) is 71.1 Å². The highest BCUT2D eigenvalue weighted by molar-refractivity contribution is 5.97. The Balaban J connectivity index is 1.54. The summed E-state index contributed by atoms with van der Waals surface area (Å²) in [5, 5.41) is 5.78. The Morgan fingerprint density at radius 3 is 2.78 bits per heavy atom. The maximum absolute atomic E-state index is 12.0.